The second-order valence-electron chi connectivity index (χ2n) is 6.86. The quantitative estimate of drug-likeness (QED) is 0.342. The average molecular weight is 486 g/mol. The van der Waals surface area contributed by atoms with E-state index in [-0.39, 0.29) is 16.7 Å². The SMILES string of the molecule is Cc1noc(NS(=O)(=O)c2ccc(NC(=O)C(=Cc3cccs3)c3cccs3)cc2)c1C. The van der Waals surface area contributed by atoms with Gasteiger partial charge in [0.15, 0.2) is 0 Å². The first-order valence-electron chi connectivity index (χ1n) is 9.50. The van der Waals surface area contributed by atoms with Gasteiger partial charge in [-0.25, -0.2) is 13.1 Å². The Morgan fingerprint density at radius 2 is 1.75 bits per heavy atom. The summed E-state index contributed by atoms with van der Waals surface area (Å²) in [7, 11) is -3.86. The van der Waals surface area contributed by atoms with E-state index in [4.69, 9.17) is 4.52 Å². The molecule has 4 aromatic rings. The Hall–Kier alpha value is -3.21. The van der Waals surface area contributed by atoms with Crippen molar-refractivity contribution in [3.63, 3.8) is 0 Å². The van der Waals surface area contributed by atoms with Crippen LogP contribution in [0.3, 0.4) is 0 Å². The lowest BCUT2D eigenvalue weighted by molar-refractivity contribution is -0.111. The van der Waals surface area contributed by atoms with Gasteiger partial charge >= 0.3 is 0 Å². The van der Waals surface area contributed by atoms with E-state index in [9.17, 15) is 13.2 Å². The summed E-state index contributed by atoms with van der Waals surface area (Å²) in [6.07, 6.45) is 1.84. The van der Waals surface area contributed by atoms with Crippen LogP contribution in [0.4, 0.5) is 11.6 Å². The van der Waals surface area contributed by atoms with Gasteiger partial charge in [0, 0.05) is 21.0 Å². The van der Waals surface area contributed by atoms with Crippen molar-refractivity contribution in [1.29, 1.82) is 0 Å². The number of nitrogens with zero attached hydrogens (tertiary/aromatic N) is 1. The molecule has 0 bridgehead atoms. The van der Waals surface area contributed by atoms with Crippen LogP contribution >= 0.6 is 22.7 Å². The molecule has 0 aliphatic carbocycles. The number of carbonyl (C=O) groups is 1. The first-order valence-corrected chi connectivity index (χ1v) is 12.7. The number of rotatable bonds is 7. The molecule has 0 unspecified atom stereocenters. The standard InChI is InChI=1S/C22H19N3O4S3/c1-14-15(2)24-29-22(14)25-32(27,28)18-9-7-16(8-10-18)23-21(26)19(20-6-4-12-31-20)13-17-5-3-11-30-17/h3-13,25H,1-2H3,(H,23,26). The summed E-state index contributed by atoms with van der Waals surface area (Å²) in [6.45, 7) is 3.45. The highest BCUT2D eigenvalue weighted by atomic mass is 32.2. The van der Waals surface area contributed by atoms with Gasteiger partial charge in [0.25, 0.3) is 15.9 Å². The summed E-state index contributed by atoms with van der Waals surface area (Å²) < 4.78 is 32.7. The molecular formula is C22H19N3O4S3. The predicted octanol–water partition coefficient (Wildman–Crippen LogP) is 5.39. The predicted molar refractivity (Wildman–Crippen MR) is 128 cm³/mol. The molecule has 0 saturated heterocycles. The van der Waals surface area contributed by atoms with Crippen LogP contribution in [0.25, 0.3) is 11.6 Å². The molecule has 7 nitrogen and oxygen atoms in total. The van der Waals surface area contributed by atoms with Crippen LogP contribution in [0.15, 0.2) is 68.7 Å². The van der Waals surface area contributed by atoms with Gasteiger partial charge in [0.2, 0.25) is 5.88 Å². The zero-order valence-corrected chi connectivity index (χ0v) is 19.6. The minimum absolute atomic E-state index is 0.0385. The molecule has 0 atom stereocenters. The Balaban J connectivity index is 1.52. The average Bonchev–Trinajstić information content (AvgIpc) is 3.53. The number of thiophene rings is 2. The summed E-state index contributed by atoms with van der Waals surface area (Å²) in [5, 5.41) is 10.5. The smallest absolute Gasteiger partial charge is 0.264 e. The molecule has 32 heavy (non-hydrogen) atoms. The second kappa shape index (κ2) is 9.11. The Morgan fingerprint density at radius 1 is 1.03 bits per heavy atom. The summed E-state index contributed by atoms with van der Waals surface area (Å²) in [4.78, 5) is 14.8. The number of hydrogen-bond donors (Lipinski definition) is 2. The molecular weight excluding hydrogens is 466 g/mol. The molecule has 0 spiro atoms. The lowest BCUT2D eigenvalue weighted by Gasteiger charge is -2.10. The van der Waals surface area contributed by atoms with Crippen LogP contribution in [0, 0.1) is 13.8 Å². The molecule has 0 aliphatic rings. The Morgan fingerprint density at radius 3 is 2.34 bits per heavy atom. The van der Waals surface area contributed by atoms with E-state index in [0.29, 0.717) is 22.5 Å². The van der Waals surface area contributed by atoms with Crippen molar-refractivity contribution in [2.45, 2.75) is 18.7 Å². The van der Waals surface area contributed by atoms with Gasteiger partial charge in [-0.3, -0.25) is 4.79 Å². The van der Waals surface area contributed by atoms with E-state index in [1.807, 2.05) is 41.1 Å². The highest BCUT2D eigenvalue weighted by Gasteiger charge is 2.20. The number of amides is 1. The van der Waals surface area contributed by atoms with Gasteiger partial charge in [-0.1, -0.05) is 17.3 Å². The molecule has 0 fully saturated rings. The number of anilines is 2. The van der Waals surface area contributed by atoms with Gasteiger partial charge in [0.1, 0.15) is 0 Å². The summed E-state index contributed by atoms with van der Waals surface area (Å²) in [6, 6.07) is 13.6. The molecule has 0 radical (unpaired) electrons. The lowest BCUT2D eigenvalue weighted by atomic mass is 10.1. The van der Waals surface area contributed by atoms with E-state index in [2.05, 4.69) is 15.2 Å². The van der Waals surface area contributed by atoms with Crippen molar-refractivity contribution in [3.8, 4) is 0 Å². The van der Waals surface area contributed by atoms with Crippen molar-refractivity contribution in [2.75, 3.05) is 10.0 Å². The molecule has 1 amide bonds. The summed E-state index contributed by atoms with van der Waals surface area (Å²) in [5.74, 6) is -0.193. The van der Waals surface area contributed by atoms with Crippen molar-refractivity contribution < 1.29 is 17.7 Å². The number of sulfonamides is 1. The van der Waals surface area contributed by atoms with Crippen LogP contribution in [-0.4, -0.2) is 19.5 Å². The van der Waals surface area contributed by atoms with Gasteiger partial charge in [-0.2, -0.15) is 0 Å². The maximum Gasteiger partial charge on any atom is 0.264 e. The summed E-state index contributed by atoms with van der Waals surface area (Å²) >= 11 is 3.02. The van der Waals surface area contributed by atoms with Gasteiger partial charge in [-0.15, -0.1) is 22.7 Å². The lowest BCUT2D eigenvalue weighted by Crippen LogP contribution is -2.15. The second-order valence-corrected chi connectivity index (χ2v) is 10.5. The largest absolute Gasteiger partial charge is 0.337 e. The number of aryl methyl sites for hydroxylation is 1. The van der Waals surface area contributed by atoms with E-state index in [1.54, 1.807) is 37.3 Å². The van der Waals surface area contributed by atoms with E-state index < -0.39 is 10.0 Å². The summed E-state index contributed by atoms with van der Waals surface area (Å²) in [5.41, 5.74) is 2.25. The fraction of sp³-hybridized carbons (Fsp3) is 0.0909. The molecule has 10 heteroatoms. The highest BCUT2D eigenvalue weighted by Crippen LogP contribution is 2.27. The third kappa shape index (κ3) is 4.82. The minimum atomic E-state index is -3.86. The number of hydrogen-bond acceptors (Lipinski definition) is 7. The third-order valence-electron chi connectivity index (χ3n) is 4.67. The molecule has 0 aliphatic heterocycles. The maximum absolute atomic E-state index is 13.0. The maximum atomic E-state index is 13.0. The normalized spacial score (nSPS) is 12.0. The van der Waals surface area contributed by atoms with Gasteiger partial charge in [-0.05, 0) is 67.1 Å². The van der Waals surface area contributed by atoms with Crippen molar-refractivity contribution in [3.05, 3.63) is 80.3 Å². The number of nitrogens with one attached hydrogen (secondary N) is 2. The first-order chi connectivity index (χ1) is 15.3. The number of benzene rings is 1. The molecule has 3 heterocycles. The van der Waals surface area contributed by atoms with E-state index in [0.717, 1.165) is 9.75 Å². The Labute approximate surface area is 193 Å². The molecule has 2 N–H and O–H groups in total. The van der Waals surface area contributed by atoms with Gasteiger partial charge < -0.3 is 9.84 Å². The van der Waals surface area contributed by atoms with E-state index in [1.165, 1.54) is 23.5 Å². The zero-order chi connectivity index (χ0) is 22.7. The van der Waals surface area contributed by atoms with Crippen LogP contribution in [0.5, 0.6) is 0 Å². The van der Waals surface area contributed by atoms with Crippen molar-refractivity contribution in [2.24, 2.45) is 0 Å². The van der Waals surface area contributed by atoms with Crippen LogP contribution < -0.4 is 10.0 Å². The first kappa shape index (κ1) is 22.0. The topological polar surface area (TPSA) is 101 Å². The number of carbonyl (C=O) groups excluding carboxylic acids is 1. The molecule has 1 aromatic carbocycles. The fourth-order valence-corrected chi connectivity index (χ4v) is 5.25. The van der Waals surface area contributed by atoms with E-state index >= 15 is 0 Å². The third-order valence-corrected chi connectivity index (χ3v) is 7.74. The molecule has 3 aromatic heterocycles. The molecule has 4 rings (SSSR count). The Kier molecular flexibility index (Phi) is 6.26. The van der Waals surface area contributed by atoms with Crippen LogP contribution in [0.1, 0.15) is 21.0 Å². The zero-order valence-electron chi connectivity index (χ0n) is 17.2. The molecule has 0 saturated carbocycles. The minimum Gasteiger partial charge on any atom is -0.337 e. The van der Waals surface area contributed by atoms with Crippen LogP contribution in [0.2, 0.25) is 0 Å². The number of aromatic nitrogens is 1. The van der Waals surface area contributed by atoms with Crippen molar-refractivity contribution >= 4 is 61.8 Å². The fourth-order valence-electron chi connectivity index (χ4n) is 2.80. The molecule has 164 valence electrons. The van der Waals surface area contributed by atoms with Crippen LogP contribution in [-0.2, 0) is 14.8 Å². The monoisotopic (exact) mass is 485 g/mol. The Bertz CT molecular complexity index is 1350. The highest BCUT2D eigenvalue weighted by molar-refractivity contribution is 7.92. The van der Waals surface area contributed by atoms with Gasteiger partial charge in [0.05, 0.1) is 16.2 Å². The van der Waals surface area contributed by atoms with Crippen molar-refractivity contribution in [1.82, 2.24) is 5.16 Å².